The summed E-state index contributed by atoms with van der Waals surface area (Å²) in [6, 6.07) is 6.59. The minimum Gasteiger partial charge on any atom is -0.480 e. The van der Waals surface area contributed by atoms with Gasteiger partial charge in [-0.15, -0.1) is 0 Å². The van der Waals surface area contributed by atoms with Gasteiger partial charge in [-0.25, -0.2) is 5.10 Å². The van der Waals surface area contributed by atoms with Crippen molar-refractivity contribution in [1.82, 2.24) is 15.1 Å². The predicted octanol–water partition coefficient (Wildman–Crippen LogP) is 0.612. The molecule has 1 aliphatic carbocycles. The molecule has 0 bridgehead atoms. The first kappa shape index (κ1) is 13.3. The third-order valence-corrected chi connectivity index (χ3v) is 3.45. The number of aliphatic carboxylic acids is 1. The fourth-order valence-corrected chi connectivity index (χ4v) is 2.31. The number of carboxylic acids is 1. The lowest BCUT2D eigenvalue weighted by atomic mass is 10.1. The Hall–Kier alpha value is -2.70. The number of carbonyl (C=O) groups is 2. The molecule has 21 heavy (non-hydrogen) atoms. The molecule has 0 saturated heterocycles. The average Bonchev–Trinajstić information content (AvgIpc) is 3.29. The van der Waals surface area contributed by atoms with E-state index in [1.807, 2.05) is 0 Å². The number of nitrogens with one attached hydrogen (secondary N) is 1. The summed E-state index contributed by atoms with van der Waals surface area (Å²) >= 11 is 0. The summed E-state index contributed by atoms with van der Waals surface area (Å²) in [5, 5.41) is 15.9. The van der Waals surface area contributed by atoms with Crippen molar-refractivity contribution in [3.8, 4) is 0 Å². The van der Waals surface area contributed by atoms with Crippen LogP contribution in [0.5, 0.6) is 0 Å². The zero-order chi connectivity index (χ0) is 15.0. The predicted molar refractivity (Wildman–Crippen MR) is 74.1 cm³/mol. The number of rotatable bonds is 4. The molecule has 0 unspecified atom stereocenters. The van der Waals surface area contributed by atoms with E-state index in [1.54, 1.807) is 24.3 Å². The number of nitrogens with zero attached hydrogens (tertiary/aromatic N) is 2. The topological polar surface area (TPSA) is 103 Å². The second-order valence-electron chi connectivity index (χ2n) is 5.00. The van der Waals surface area contributed by atoms with Crippen LogP contribution in [0.1, 0.15) is 23.3 Å². The van der Waals surface area contributed by atoms with Gasteiger partial charge in [0.15, 0.2) is 5.69 Å². The van der Waals surface area contributed by atoms with Crippen LogP contribution < -0.4 is 5.56 Å². The zero-order valence-electron chi connectivity index (χ0n) is 11.1. The monoisotopic (exact) mass is 287 g/mol. The maximum Gasteiger partial charge on any atom is 0.323 e. The van der Waals surface area contributed by atoms with Crippen molar-refractivity contribution >= 4 is 22.6 Å². The summed E-state index contributed by atoms with van der Waals surface area (Å²) in [7, 11) is 0. The van der Waals surface area contributed by atoms with Gasteiger partial charge >= 0.3 is 5.97 Å². The van der Waals surface area contributed by atoms with E-state index in [0.717, 1.165) is 12.8 Å². The summed E-state index contributed by atoms with van der Waals surface area (Å²) in [6.07, 6.45) is 1.58. The highest BCUT2D eigenvalue weighted by Crippen LogP contribution is 2.28. The van der Waals surface area contributed by atoms with Crippen molar-refractivity contribution in [1.29, 1.82) is 0 Å². The molecule has 0 aliphatic heterocycles. The first-order valence-corrected chi connectivity index (χ1v) is 6.58. The van der Waals surface area contributed by atoms with Crippen molar-refractivity contribution < 1.29 is 14.7 Å². The van der Waals surface area contributed by atoms with Crippen LogP contribution in [0, 0.1) is 0 Å². The standard InChI is InChI=1S/C14H13N3O4/c18-11(19)7-17(8-5-6-8)14(21)12-9-3-1-2-4-10(9)13(20)16-15-12/h1-4,8H,5-7H2,(H,16,20)(H,18,19). The fourth-order valence-electron chi connectivity index (χ4n) is 2.31. The summed E-state index contributed by atoms with van der Waals surface area (Å²) in [5.41, 5.74) is -0.295. The molecule has 1 fully saturated rings. The maximum absolute atomic E-state index is 12.6. The minimum atomic E-state index is -1.07. The van der Waals surface area contributed by atoms with Gasteiger partial charge in [-0.2, -0.15) is 5.10 Å². The summed E-state index contributed by atoms with van der Waals surface area (Å²) in [5.74, 6) is -1.53. The fraction of sp³-hybridized carbons (Fsp3) is 0.286. The molecular weight excluding hydrogens is 274 g/mol. The van der Waals surface area contributed by atoms with Crippen molar-refractivity contribution in [2.45, 2.75) is 18.9 Å². The molecule has 2 N–H and O–H groups in total. The Balaban J connectivity index is 2.06. The van der Waals surface area contributed by atoms with Crippen LogP contribution in [0.3, 0.4) is 0 Å². The van der Waals surface area contributed by atoms with Gasteiger partial charge < -0.3 is 10.0 Å². The van der Waals surface area contributed by atoms with E-state index in [9.17, 15) is 14.4 Å². The average molecular weight is 287 g/mol. The molecule has 0 atom stereocenters. The number of carbonyl (C=O) groups excluding carboxylic acids is 1. The first-order chi connectivity index (χ1) is 10.1. The van der Waals surface area contributed by atoms with Crippen LogP contribution in [0.15, 0.2) is 29.1 Å². The summed E-state index contributed by atoms with van der Waals surface area (Å²) in [4.78, 5) is 36.5. The molecule has 0 radical (unpaired) electrons. The van der Waals surface area contributed by atoms with E-state index < -0.39 is 11.9 Å². The highest BCUT2D eigenvalue weighted by Gasteiger charge is 2.35. The van der Waals surface area contributed by atoms with Crippen LogP contribution in [0.25, 0.3) is 10.8 Å². The molecule has 3 rings (SSSR count). The number of amides is 1. The quantitative estimate of drug-likeness (QED) is 0.857. The normalized spacial score (nSPS) is 14.1. The maximum atomic E-state index is 12.6. The largest absolute Gasteiger partial charge is 0.480 e. The minimum absolute atomic E-state index is 0.0545. The lowest BCUT2D eigenvalue weighted by Gasteiger charge is -2.20. The van der Waals surface area contributed by atoms with E-state index in [-0.39, 0.29) is 23.8 Å². The third kappa shape index (κ3) is 2.49. The van der Waals surface area contributed by atoms with Gasteiger partial charge in [-0.3, -0.25) is 14.4 Å². The Morgan fingerprint density at radius 1 is 1.29 bits per heavy atom. The third-order valence-electron chi connectivity index (χ3n) is 3.45. The second-order valence-corrected chi connectivity index (χ2v) is 5.00. The van der Waals surface area contributed by atoms with Crippen LogP contribution in [-0.2, 0) is 4.79 Å². The number of hydrogen-bond acceptors (Lipinski definition) is 4. The summed E-state index contributed by atoms with van der Waals surface area (Å²) in [6.45, 7) is -0.362. The summed E-state index contributed by atoms with van der Waals surface area (Å²) < 4.78 is 0. The van der Waals surface area contributed by atoms with Gasteiger partial charge in [0.1, 0.15) is 6.54 Å². The highest BCUT2D eigenvalue weighted by atomic mass is 16.4. The SMILES string of the molecule is O=C(O)CN(C(=O)c1n[nH]c(=O)c2ccccc12)C1CC1. The Morgan fingerprint density at radius 3 is 2.57 bits per heavy atom. The molecule has 1 aromatic heterocycles. The number of hydrogen-bond donors (Lipinski definition) is 2. The van der Waals surface area contributed by atoms with Gasteiger partial charge in [0.05, 0.1) is 5.39 Å². The molecule has 1 heterocycles. The Labute approximate surface area is 119 Å². The lowest BCUT2D eigenvalue weighted by molar-refractivity contribution is -0.137. The first-order valence-electron chi connectivity index (χ1n) is 6.58. The Bertz CT molecular complexity index is 779. The zero-order valence-corrected chi connectivity index (χ0v) is 11.1. The van der Waals surface area contributed by atoms with E-state index in [1.165, 1.54) is 4.90 Å². The van der Waals surface area contributed by atoms with Gasteiger partial charge in [-0.1, -0.05) is 18.2 Å². The van der Waals surface area contributed by atoms with Gasteiger partial charge in [-0.05, 0) is 18.9 Å². The van der Waals surface area contributed by atoms with Gasteiger partial charge in [0.25, 0.3) is 11.5 Å². The molecular formula is C14H13N3O4. The van der Waals surface area contributed by atoms with E-state index in [2.05, 4.69) is 10.2 Å². The van der Waals surface area contributed by atoms with E-state index in [4.69, 9.17) is 5.11 Å². The second kappa shape index (κ2) is 5.01. The molecule has 0 spiro atoms. The van der Waals surface area contributed by atoms with Crippen LogP contribution >= 0.6 is 0 Å². The van der Waals surface area contributed by atoms with Crippen LogP contribution in [0.2, 0.25) is 0 Å². The molecule has 1 aromatic carbocycles. The number of carboxylic acid groups (broad SMARTS) is 1. The molecule has 108 valence electrons. The van der Waals surface area contributed by atoms with Crippen molar-refractivity contribution in [3.05, 3.63) is 40.3 Å². The number of fused-ring (bicyclic) bond motifs is 1. The van der Waals surface area contributed by atoms with E-state index in [0.29, 0.717) is 10.8 Å². The van der Waals surface area contributed by atoms with Crippen LogP contribution in [0.4, 0.5) is 0 Å². The number of aromatic amines is 1. The van der Waals surface area contributed by atoms with Crippen molar-refractivity contribution in [3.63, 3.8) is 0 Å². The number of aromatic nitrogens is 2. The molecule has 7 nitrogen and oxygen atoms in total. The molecule has 1 saturated carbocycles. The molecule has 7 heteroatoms. The van der Waals surface area contributed by atoms with Crippen molar-refractivity contribution in [2.24, 2.45) is 0 Å². The number of benzene rings is 1. The smallest absolute Gasteiger partial charge is 0.323 e. The molecule has 2 aromatic rings. The Kier molecular flexibility index (Phi) is 3.17. The van der Waals surface area contributed by atoms with E-state index >= 15 is 0 Å². The van der Waals surface area contributed by atoms with Crippen LogP contribution in [-0.4, -0.2) is 44.7 Å². The Morgan fingerprint density at radius 2 is 1.95 bits per heavy atom. The molecule has 1 aliphatic rings. The number of H-pyrrole nitrogens is 1. The van der Waals surface area contributed by atoms with Gasteiger partial charge in [0.2, 0.25) is 0 Å². The highest BCUT2D eigenvalue weighted by molar-refractivity contribution is 6.05. The molecule has 1 amide bonds. The van der Waals surface area contributed by atoms with Gasteiger partial charge in [0, 0.05) is 11.4 Å². The van der Waals surface area contributed by atoms with Crippen molar-refractivity contribution in [2.75, 3.05) is 6.54 Å². The lowest BCUT2D eigenvalue weighted by Crippen LogP contribution is -2.38.